The van der Waals surface area contributed by atoms with E-state index in [1.54, 1.807) is 0 Å². The fraction of sp³-hybridized carbons (Fsp3) is 0.259. The number of Topliss-reactive ketones (excluding diaryl/α,β-unsaturated/α-hetero) is 1. The summed E-state index contributed by atoms with van der Waals surface area (Å²) in [5.74, 6) is 1.60. The van der Waals surface area contributed by atoms with Gasteiger partial charge in [0.1, 0.15) is 6.54 Å². The average Bonchev–Trinajstić information content (AvgIpc) is 3.31. The first kappa shape index (κ1) is 21.1. The van der Waals surface area contributed by atoms with Crippen molar-refractivity contribution in [2.75, 3.05) is 26.2 Å². The summed E-state index contributed by atoms with van der Waals surface area (Å²) in [6.45, 7) is 3.84. The maximum Gasteiger partial charge on any atom is 0.247 e. The third kappa shape index (κ3) is 5.52. The van der Waals surface area contributed by atoms with Gasteiger partial charge in [0.15, 0.2) is 0 Å². The molecule has 0 spiro atoms. The Hall–Kier alpha value is -3.14. The summed E-state index contributed by atoms with van der Waals surface area (Å²) in [6, 6.07) is 27.8. The molecule has 155 valence electrons. The van der Waals surface area contributed by atoms with Crippen LogP contribution < -0.4 is 5.46 Å². The van der Waals surface area contributed by atoms with E-state index in [2.05, 4.69) is 21.6 Å². The Kier molecular flexibility index (Phi) is 6.98. The van der Waals surface area contributed by atoms with E-state index in [0.717, 1.165) is 49.1 Å². The highest BCUT2D eigenvalue weighted by Gasteiger charge is 2.32. The summed E-state index contributed by atoms with van der Waals surface area (Å²) < 4.78 is 2.45. The second kappa shape index (κ2) is 10.3. The number of amidine groups is 1. The first-order valence-electron chi connectivity index (χ1n) is 11.1. The van der Waals surface area contributed by atoms with Gasteiger partial charge in [0, 0.05) is 12.0 Å². The quantitative estimate of drug-likeness (QED) is 0.372. The third-order valence-corrected chi connectivity index (χ3v) is 5.86. The number of nitrogens with zero attached hydrogens (tertiary/aromatic N) is 2. The predicted octanol–water partition coefficient (Wildman–Crippen LogP) is 3.93. The summed E-state index contributed by atoms with van der Waals surface area (Å²) in [5.41, 5.74) is 3.97. The lowest BCUT2D eigenvalue weighted by molar-refractivity contribution is -0.529. The molecule has 0 fully saturated rings. The van der Waals surface area contributed by atoms with E-state index in [1.807, 2.05) is 72.8 Å². The van der Waals surface area contributed by atoms with Crippen molar-refractivity contribution in [3.8, 4) is 11.1 Å². The van der Waals surface area contributed by atoms with E-state index in [0.29, 0.717) is 6.54 Å². The van der Waals surface area contributed by atoms with Gasteiger partial charge >= 0.3 is 0 Å². The zero-order chi connectivity index (χ0) is 21.5. The highest BCUT2D eigenvalue weighted by molar-refractivity contribution is 6.32. The molecule has 0 saturated heterocycles. The maximum absolute atomic E-state index is 12.7. The first-order valence-corrected chi connectivity index (χ1v) is 11.1. The van der Waals surface area contributed by atoms with Gasteiger partial charge in [0.05, 0.1) is 26.1 Å². The Balaban J connectivity index is 0.000000282. The van der Waals surface area contributed by atoms with Crippen molar-refractivity contribution in [1.82, 2.24) is 4.90 Å². The normalized spacial score (nSPS) is 15.2. The number of hydrogen-bond acceptors (Lipinski definition) is 2. The minimum atomic E-state index is 0.218. The van der Waals surface area contributed by atoms with Crippen LogP contribution >= 0.6 is 0 Å². The van der Waals surface area contributed by atoms with Gasteiger partial charge in [-0.3, -0.25) is 14.3 Å². The van der Waals surface area contributed by atoms with E-state index in [-0.39, 0.29) is 5.78 Å². The molecular formula is C27H28BN2O. The van der Waals surface area contributed by atoms with Crippen LogP contribution in [0.4, 0.5) is 0 Å². The first-order chi connectivity index (χ1) is 15.2. The van der Waals surface area contributed by atoms with Crippen molar-refractivity contribution in [3.05, 3.63) is 90.5 Å². The standard InChI is InChI=1S/C21H23N2O.C6H5B/c24-20(16-23-15-5-14-22-13-4-8-21(22)23)19-11-9-18(10-12-19)17-6-2-1-3-7-17;7-6-4-2-1-3-5-6/h1-3,6-7,9-12H,4-5,8,13-16H2;1-5H/q+1;-1. The van der Waals surface area contributed by atoms with Gasteiger partial charge in [-0.2, -0.15) is 0 Å². The van der Waals surface area contributed by atoms with Crippen molar-refractivity contribution in [2.24, 2.45) is 0 Å². The van der Waals surface area contributed by atoms with Crippen LogP contribution in [0, 0.1) is 0 Å². The van der Waals surface area contributed by atoms with Crippen LogP contribution in [0.2, 0.25) is 0 Å². The molecule has 31 heavy (non-hydrogen) atoms. The van der Waals surface area contributed by atoms with Crippen LogP contribution in [0.1, 0.15) is 29.6 Å². The zero-order valence-electron chi connectivity index (χ0n) is 17.9. The monoisotopic (exact) mass is 407 g/mol. The van der Waals surface area contributed by atoms with Crippen LogP contribution in [-0.4, -0.2) is 55.1 Å². The Morgan fingerprint density at radius 3 is 2.06 bits per heavy atom. The van der Waals surface area contributed by atoms with E-state index in [4.69, 9.17) is 7.85 Å². The van der Waals surface area contributed by atoms with Gasteiger partial charge in [0.2, 0.25) is 11.6 Å². The Morgan fingerprint density at radius 1 is 0.806 bits per heavy atom. The number of benzene rings is 3. The molecule has 0 N–H and O–H groups in total. The fourth-order valence-corrected chi connectivity index (χ4v) is 4.26. The number of hydrogen-bond donors (Lipinski definition) is 0. The van der Waals surface area contributed by atoms with E-state index in [1.165, 1.54) is 17.8 Å². The predicted molar refractivity (Wildman–Crippen MR) is 128 cm³/mol. The average molecular weight is 407 g/mol. The number of carbonyl (C=O) groups is 1. The molecule has 0 amide bonds. The summed E-state index contributed by atoms with van der Waals surface area (Å²) in [4.78, 5) is 15.0. The Morgan fingerprint density at radius 2 is 1.42 bits per heavy atom. The van der Waals surface area contributed by atoms with E-state index >= 15 is 0 Å². The molecule has 3 aromatic carbocycles. The number of carbonyl (C=O) groups excluding carboxylic acids is 1. The van der Waals surface area contributed by atoms with E-state index in [9.17, 15) is 4.79 Å². The van der Waals surface area contributed by atoms with Crippen molar-refractivity contribution < 1.29 is 9.37 Å². The molecule has 2 aliphatic rings. The number of rotatable bonds is 4. The van der Waals surface area contributed by atoms with Crippen molar-refractivity contribution in [1.29, 1.82) is 0 Å². The van der Waals surface area contributed by atoms with Gasteiger partial charge in [-0.25, -0.2) is 0 Å². The minimum absolute atomic E-state index is 0.218. The summed E-state index contributed by atoms with van der Waals surface area (Å²) in [5, 5.41) is 0. The molecular weight excluding hydrogens is 379 g/mol. The van der Waals surface area contributed by atoms with Gasteiger partial charge < -0.3 is 13.3 Å². The van der Waals surface area contributed by atoms with Gasteiger partial charge in [-0.05, 0) is 17.5 Å². The molecule has 3 nitrogen and oxygen atoms in total. The summed E-state index contributed by atoms with van der Waals surface area (Å²) >= 11 is 0. The highest BCUT2D eigenvalue weighted by atomic mass is 16.1. The smallest absolute Gasteiger partial charge is 0.247 e. The van der Waals surface area contributed by atoms with Gasteiger partial charge in [-0.1, -0.05) is 72.8 Å². The summed E-state index contributed by atoms with van der Waals surface area (Å²) in [6.07, 6.45) is 3.51. The van der Waals surface area contributed by atoms with Crippen LogP contribution in [-0.2, 0) is 0 Å². The van der Waals surface area contributed by atoms with Crippen molar-refractivity contribution >= 4 is 24.9 Å². The maximum atomic E-state index is 12.7. The van der Waals surface area contributed by atoms with Crippen LogP contribution in [0.3, 0.4) is 0 Å². The SMILES string of the molecule is O=C(CN1CCC[N+]2=C1CCC2)c1ccc(-c2ccccc2)cc1.[B-]c1ccccc1. The fourth-order valence-electron chi connectivity index (χ4n) is 4.26. The molecule has 2 heterocycles. The number of ketones is 1. The molecule has 3 radical (unpaired) electrons. The lowest BCUT2D eigenvalue weighted by atomic mass is 9.97. The molecule has 0 saturated carbocycles. The summed E-state index contributed by atoms with van der Waals surface area (Å²) in [7, 11) is 5.36. The molecule has 0 aliphatic carbocycles. The molecule has 0 aromatic heterocycles. The topological polar surface area (TPSA) is 23.3 Å². The molecule has 0 unspecified atom stereocenters. The lowest BCUT2D eigenvalue weighted by Crippen LogP contribution is -2.43. The van der Waals surface area contributed by atoms with Crippen LogP contribution in [0.25, 0.3) is 11.1 Å². The molecule has 4 heteroatoms. The molecule has 5 rings (SSSR count). The Bertz CT molecular complexity index is 1030. The van der Waals surface area contributed by atoms with Crippen molar-refractivity contribution in [3.63, 3.8) is 0 Å². The largest absolute Gasteiger partial charge is 0.580 e. The van der Waals surface area contributed by atoms with Crippen LogP contribution in [0.15, 0.2) is 84.9 Å². The van der Waals surface area contributed by atoms with E-state index < -0.39 is 0 Å². The highest BCUT2D eigenvalue weighted by Crippen LogP contribution is 2.20. The molecule has 0 atom stereocenters. The second-order valence-electron chi connectivity index (χ2n) is 8.06. The second-order valence-corrected chi connectivity index (χ2v) is 8.06. The lowest BCUT2D eigenvalue weighted by Gasteiger charge is -2.23. The van der Waals surface area contributed by atoms with Crippen molar-refractivity contribution in [2.45, 2.75) is 19.3 Å². The Labute approximate surface area is 186 Å². The van der Waals surface area contributed by atoms with Gasteiger partial charge in [0.25, 0.3) is 0 Å². The van der Waals surface area contributed by atoms with Crippen LogP contribution in [0.5, 0.6) is 0 Å². The zero-order valence-corrected chi connectivity index (χ0v) is 17.9. The third-order valence-electron chi connectivity index (χ3n) is 5.86. The molecule has 2 aliphatic heterocycles. The van der Waals surface area contributed by atoms with Gasteiger partial charge in [-0.15, -0.1) is 12.1 Å². The minimum Gasteiger partial charge on any atom is -0.580 e. The molecule has 3 aromatic rings. The molecule has 0 bridgehead atoms.